The summed E-state index contributed by atoms with van der Waals surface area (Å²) in [4.78, 5) is 26.8. The summed E-state index contributed by atoms with van der Waals surface area (Å²) in [5, 5.41) is 1.19. The second-order valence-corrected chi connectivity index (χ2v) is 6.21. The fraction of sp³-hybridized carbons (Fsp3) is 0.333. The van der Waals surface area contributed by atoms with Crippen molar-refractivity contribution in [3.63, 3.8) is 0 Å². The number of fused-ring (bicyclic) bond motifs is 1. The molecule has 1 aromatic rings. The summed E-state index contributed by atoms with van der Waals surface area (Å²) in [6, 6.07) is 0. The van der Waals surface area contributed by atoms with Gasteiger partial charge in [0.1, 0.15) is 0 Å². The topological polar surface area (TPSA) is 76.2 Å². The highest BCUT2D eigenvalue weighted by molar-refractivity contribution is 7.84. The number of rotatable bonds is 2. The van der Waals surface area contributed by atoms with Crippen molar-refractivity contribution in [2.45, 2.75) is 19.1 Å². The van der Waals surface area contributed by atoms with Crippen LogP contribution in [0.3, 0.4) is 0 Å². The van der Waals surface area contributed by atoms with Gasteiger partial charge >= 0.3 is 5.97 Å². The molecule has 0 spiro atoms. The Morgan fingerprint density at radius 1 is 1.43 bits per heavy atom. The zero-order valence-corrected chi connectivity index (χ0v) is 12.8. The number of aromatic amines is 1. The molecule has 0 bridgehead atoms. The quantitative estimate of drug-likeness (QED) is 0.747. The Balaban J connectivity index is 2.95. The van der Waals surface area contributed by atoms with Crippen LogP contribution in [0.1, 0.15) is 18.1 Å². The molecule has 0 aromatic carbocycles. The predicted octanol–water partition coefficient (Wildman–Crippen LogP) is -0.510. The van der Waals surface area contributed by atoms with Crippen molar-refractivity contribution in [3.8, 4) is 0 Å². The molecule has 6 heteroatoms. The second-order valence-electron chi connectivity index (χ2n) is 4.64. The first-order valence-electron chi connectivity index (χ1n) is 6.53. The molecule has 1 aliphatic heterocycles. The molecule has 1 aliphatic rings. The normalized spacial score (nSPS) is 19.7. The van der Waals surface area contributed by atoms with Crippen molar-refractivity contribution in [2.75, 3.05) is 12.9 Å². The van der Waals surface area contributed by atoms with E-state index in [1.165, 1.54) is 13.2 Å². The highest BCUT2D eigenvalue weighted by Gasteiger charge is 2.20. The van der Waals surface area contributed by atoms with Gasteiger partial charge in [-0.05, 0) is 24.1 Å². The van der Waals surface area contributed by atoms with E-state index in [0.717, 1.165) is 10.8 Å². The molecule has 0 radical (unpaired) electrons. The lowest BCUT2D eigenvalue weighted by Crippen LogP contribution is -2.44. The molecule has 1 N–H and O–H groups in total. The summed E-state index contributed by atoms with van der Waals surface area (Å²) in [5.41, 5.74) is 1.32. The van der Waals surface area contributed by atoms with E-state index in [4.69, 9.17) is 4.74 Å². The Kier molecular flexibility index (Phi) is 4.57. The number of carbonyl (C=O) groups is 1. The van der Waals surface area contributed by atoms with Crippen molar-refractivity contribution in [3.05, 3.63) is 44.7 Å². The van der Waals surface area contributed by atoms with Crippen LogP contribution in [0.5, 0.6) is 0 Å². The van der Waals surface area contributed by atoms with Gasteiger partial charge in [0, 0.05) is 22.1 Å². The van der Waals surface area contributed by atoms with Crippen LogP contribution in [0.2, 0.25) is 0 Å². The number of ether oxygens (including phenoxy) is 1. The summed E-state index contributed by atoms with van der Waals surface area (Å²) in [7, 11) is 0.275. The Hall–Kier alpha value is -1.95. The van der Waals surface area contributed by atoms with E-state index < -0.39 is 16.8 Å². The van der Waals surface area contributed by atoms with E-state index >= 15 is 0 Å². The van der Waals surface area contributed by atoms with Gasteiger partial charge in [-0.3, -0.25) is 9.00 Å². The fourth-order valence-electron chi connectivity index (χ4n) is 2.52. The number of nitrogens with one attached hydrogen (secondary N) is 1. The maximum atomic E-state index is 12.2. The Bertz CT molecular complexity index is 804. The molecule has 1 unspecified atom stereocenters. The van der Waals surface area contributed by atoms with Crippen LogP contribution in [-0.2, 0) is 32.5 Å². The van der Waals surface area contributed by atoms with Gasteiger partial charge < -0.3 is 9.72 Å². The number of hydrogen-bond acceptors (Lipinski definition) is 4. The first-order chi connectivity index (χ1) is 10.0. The van der Waals surface area contributed by atoms with E-state index in [0.29, 0.717) is 23.1 Å². The van der Waals surface area contributed by atoms with E-state index in [-0.39, 0.29) is 16.9 Å². The fourth-order valence-corrected chi connectivity index (χ4v) is 3.73. The largest absolute Gasteiger partial charge is 0.465 e. The molecule has 0 saturated heterocycles. The second kappa shape index (κ2) is 6.22. The molecular formula is C15H17NO4S. The van der Waals surface area contributed by atoms with Crippen molar-refractivity contribution in [2.24, 2.45) is 0 Å². The molecule has 0 saturated carbocycles. The summed E-state index contributed by atoms with van der Waals surface area (Å²) in [5.74, 6) is 0.231. The zero-order chi connectivity index (χ0) is 15.6. The third-order valence-corrected chi connectivity index (χ3v) is 4.79. The van der Waals surface area contributed by atoms with Gasteiger partial charge in [-0.1, -0.05) is 18.7 Å². The minimum absolute atomic E-state index is 0.220. The van der Waals surface area contributed by atoms with Crippen LogP contribution in [-0.4, -0.2) is 28.0 Å². The van der Waals surface area contributed by atoms with Gasteiger partial charge in [-0.15, -0.1) is 0 Å². The maximum absolute atomic E-state index is 12.2. The summed E-state index contributed by atoms with van der Waals surface area (Å²) in [6.07, 6.45) is 3.77. The van der Waals surface area contributed by atoms with Crippen LogP contribution in [0.25, 0.3) is 11.6 Å². The minimum Gasteiger partial charge on any atom is -0.465 e. The van der Waals surface area contributed by atoms with Crippen LogP contribution in [0.15, 0.2) is 17.4 Å². The smallest absolute Gasteiger partial charge is 0.339 e. The number of methoxy groups -OCH3 is 1. The number of carbonyl (C=O) groups excluding carboxylic acids is 1. The van der Waals surface area contributed by atoms with Gasteiger partial charge in [0.05, 0.1) is 23.8 Å². The molecule has 2 heterocycles. The van der Waals surface area contributed by atoms with E-state index in [1.807, 2.05) is 13.0 Å². The molecule has 5 nitrogen and oxygen atoms in total. The van der Waals surface area contributed by atoms with Crippen LogP contribution >= 0.6 is 0 Å². The lowest BCUT2D eigenvalue weighted by Gasteiger charge is -2.15. The minimum atomic E-state index is -1.00. The van der Waals surface area contributed by atoms with Crippen molar-refractivity contribution in [1.82, 2.24) is 4.98 Å². The standard InChI is InChI=1S/C15H17NO4S/c1-4-9-11-6-7-21(19)8-12(11)14(17)16-13(9)10(5-2)15(18)20-3/h4-5H,2,6-8H2,1,3H3,(H,16,17)/b9-4-,13-10-. The third kappa shape index (κ3) is 2.76. The zero-order valence-electron chi connectivity index (χ0n) is 12.0. The van der Waals surface area contributed by atoms with Crippen molar-refractivity contribution < 1.29 is 13.7 Å². The average molecular weight is 307 g/mol. The lowest BCUT2D eigenvalue weighted by molar-refractivity contribution is -0.133. The predicted molar refractivity (Wildman–Crippen MR) is 82.5 cm³/mol. The van der Waals surface area contributed by atoms with Crippen LogP contribution in [0, 0.1) is 0 Å². The highest BCUT2D eigenvalue weighted by Crippen LogP contribution is 2.10. The average Bonchev–Trinajstić information content (AvgIpc) is 2.48. The van der Waals surface area contributed by atoms with Gasteiger partial charge in [0.25, 0.3) is 5.56 Å². The molecule has 1 atom stereocenters. The monoisotopic (exact) mass is 307 g/mol. The Morgan fingerprint density at radius 2 is 2.14 bits per heavy atom. The first kappa shape index (κ1) is 15.4. The van der Waals surface area contributed by atoms with Crippen LogP contribution < -0.4 is 16.1 Å². The molecule has 0 fully saturated rings. The van der Waals surface area contributed by atoms with E-state index in [1.54, 1.807) is 0 Å². The van der Waals surface area contributed by atoms with E-state index in [9.17, 15) is 13.8 Å². The van der Waals surface area contributed by atoms with Crippen LogP contribution in [0.4, 0.5) is 0 Å². The first-order valence-corrected chi connectivity index (χ1v) is 8.02. The number of aromatic nitrogens is 1. The van der Waals surface area contributed by atoms with Crippen molar-refractivity contribution >= 4 is 28.4 Å². The number of pyridine rings is 1. The third-order valence-electron chi connectivity index (χ3n) is 3.52. The molecule has 0 amide bonds. The molecule has 112 valence electrons. The number of esters is 1. The SMILES string of the molecule is C=C/C(C(=O)OC)=c1/[nH]c(=O)c2c(/c1=C/C)CCS(=O)C2. The Morgan fingerprint density at radius 3 is 2.71 bits per heavy atom. The summed E-state index contributed by atoms with van der Waals surface area (Å²) < 4.78 is 16.4. The summed E-state index contributed by atoms with van der Waals surface area (Å²) >= 11 is 0. The lowest BCUT2D eigenvalue weighted by atomic mass is 10.0. The Labute approximate surface area is 124 Å². The van der Waals surface area contributed by atoms with Gasteiger partial charge in [-0.2, -0.15) is 0 Å². The van der Waals surface area contributed by atoms with Gasteiger partial charge in [-0.25, -0.2) is 4.79 Å². The summed E-state index contributed by atoms with van der Waals surface area (Å²) in [6.45, 7) is 5.45. The molecular weight excluding hydrogens is 290 g/mol. The number of H-pyrrole nitrogens is 1. The maximum Gasteiger partial charge on any atom is 0.339 e. The molecule has 0 aliphatic carbocycles. The number of hydrogen-bond donors (Lipinski definition) is 1. The highest BCUT2D eigenvalue weighted by atomic mass is 32.2. The molecule has 21 heavy (non-hydrogen) atoms. The van der Waals surface area contributed by atoms with Gasteiger partial charge in [0.15, 0.2) is 0 Å². The van der Waals surface area contributed by atoms with Crippen molar-refractivity contribution in [1.29, 1.82) is 0 Å². The molecule has 1 aromatic heterocycles. The van der Waals surface area contributed by atoms with E-state index in [2.05, 4.69) is 11.6 Å². The molecule has 2 rings (SSSR count). The van der Waals surface area contributed by atoms with Gasteiger partial charge in [0.2, 0.25) is 0 Å².